The Morgan fingerprint density at radius 3 is 2.80 bits per heavy atom. The fraction of sp³-hybridized carbons (Fsp3) is 0.111. The summed E-state index contributed by atoms with van der Waals surface area (Å²) in [5.41, 5.74) is 2.37. The van der Waals surface area contributed by atoms with Crippen LogP contribution in [0.25, 0.3) is 0 Å². The summed E-state index contributed by atoms with van der Waals surface area (Å²) in [5, 5.41) is 4.72. The number of anilines is 1. The van der Waals surface area contributed by atoms with E-state index in [1.165, 1.54) is 11.3 Å². The van der Waals surface area contributed by atoms with Gasteiger partial charge in [-0.2, -0.15) is 0 Å². The highest BCUT2D eigenvalue weighted by Gasteiger charge is 2.14. The molecule has 0 atom stereocenters. The first-order valence-electron chi connectivity index (χ1n) is 7.39. The van der Waals surface area contributed by atoms with Crippen LogP contribution in [0.5, 0.6) is 0 Å². The van der Waals surface area contributed by atoms with E-state index in [0.29, 0.717) is 27.2 Å². The zero-order valence-corrected chi connectivity index (χ0v) is 17.1. The maximum absolute atomic E-state index is 12.3. The largest absolute Gasteiger partial charge is 0.298 e. The summed E-state index contributed by atoms with van der Waals surface area (Å²) < 4.78 is 0.853. The molecule has 1 aromatic heterocycles. The molecule has 1 amide bonds. The Balaban J connectivity index is 1.78. The first kappa shape index (κ1) is 18.4. The van der Waals surface area contributed by atoms with Gasteiger partial charge in [-0.15, -0.1) is 11.3 Å². The van der Waals surface area contributed by atoms with Gasteiger partial charge in [0.05, 0.1) is 5.69 Å². The highest BCUT2D eigenvalue weighted by Crippen LogP contribution is 2.29. The Hall–Kier alpha value is -1.40. The quantitative estimate of drug-likeness (QED) is 0.496. The lowest BCUT2D eigenvalue weighted by atomic mass is 10.1. The van der Waals surface area contributed by atoms with Gasteiger partial charge >= 0.3 is 0 Å². The van der Waals surface area contributed by atoms with Crippen LogP contribution in [0.4, 0.5) is 5.13 Å². The van der Waals surface area contributed by atoms with Crippen molar-refractivity contribution >= 4 is 61.5 Å². The van der Waals surface area contributed by atoms with Crippen molar-refractivity contribution in [1.29, 1.82) is 0 Å². The molecule has 0 bridgehead atoms. The summed E-state index contributed by atoms with van der Waals surface area (Å²) >= 11 is 17.1. The van der Waals surface area contributed by atoms with Gasteiger partial charge < -0.3 is 0 Å². The molecule has 1 heterocycles. The molecule has 0 saturated carbocycles. The third-order valence-corrected chi connectivity index (χ3v) is 5.73. The lowest BCUT2D eigenvalue weighted by molar-refractivity contribution is 0.102. The molecule has 2 aromatic carbocycles. The van der Waals surface area contributed by atoms with Gasteiger partial charge in [0.1, 0.15) is 0 Å². The van der Waals surface area contributed by atoms with Crippen molar-refractivity contribution in [2.45, 2.75) is 13.3 Å². The molecule has 0 radical (unpaired) electrons. The standard InChI is InChI=1S/C18H13BrCl2N2OS/c1-10-16(9-12-8-14(20)5-6-15(12)21)25-18(22-10)23-17(24)11-3-2-4-13(19)7-11/h2-8H,9H2,1H3,(H,22,23,24). The number of carbonyl (C=O) groups excluding carboxylic acids is 1. The summed E-state index contributed by atoms with van der Waals surface area (Å²) in [6.07, 6.45) is 0.621. The second-order valence-corrected chi connectivity index (χ2v) is 8.25. The molecule has 7 heteroatoms. The number of nitrogens with zero attached hydrogens (tertiary/aromatic N) is 1. The molecule has 128 valence electrons. The third kappa shape index (κ3) is 4.61. The van der Waals surface area contributed by atoms with Crippen molar-refractivity contribution in [3.63, 3.8) is 0 Å². The van der Waals surface area contributed by atoms with E-state index in [4.69, 9.17) is 23.2 Å². The van der Waals surface area contributed by atoms with Crippen LogP contribution in [-0.2, 0) is 6.42 Å². The number of rotatable bonds is 4. The molecular weight excluding hydrogens is 443 g/mol. The zero-order valence-electron chi connectivity index (χ0n) is 13.1. The van der Waals surface area contributed by atoms with Gasteiger partial charge in [0, 0.05) is 31.4 Å². The molecule has 0 fully saturated rings. The number of carbonyl (C=O) groups is 1. The zero-order chi connectivity index (χ0) is 18.0. The minimum atomic E-state index is -0.192. The lowest BCUT2D eigenvalue weighted by Crippen LogP contribution is -2.11. The molecule has 25 heavy (non-hydrogen) atoms. The topological polar surface area (TPSA) is 42.0 Å². The van der Waals surface area contributed by atoms with E-state index in [2.05, 4.69) is 26.2 Å². The Morgan fingerprint density at radius 2 is 2.04 bits per heavy atom. The number of hydrogen-bond donors (Lipinski definition) is 1. The average Bonchev–Trinajstić information content (AvgIpc) is 2.90. The molecule has 0 aliphatic heterocycles. The van der Waals surface area contributed by atoms with E-state index in [1.807, 2.05) is 25.1 Å². The highest BCUT2D eigenvalue weighted by atomic mass is 79.9. The second kappa shape index (κ2) is 7.87. The predicted octanol–water partition coefficient (Wildman–Crippen LogP) is 6.36. The smallest absolute Gasteiger partial charge is 0.257 e. The minimum Gasteiger partial charge on any atom is -0.298 e. The molecular formula is C18H13BrCl2N2OS. The summed E-state index contributed by atoms with van der Waals surface area (Å²) in [5.74, 6) is -0.192. The second-order valence-electron chi connectivity index (χ2n) is 5.40. The summed E-state index contributed by atoms with van der Waals surface area (Å²) in [6.45, 7) is 1.92. The Kier molecular flexibility index (Phi) is 5.79. The van der Waals surface area contributed by atoms with Crippen LogP contribution in [0.15, 0.2) is 46.9 Å². The van der Waals surface area contributed by atoms with Crippen molar-refractivity contribution in [3.8, 4) is 0 Å². The number of nitrogens with one attached hydrogen (secondary N) is 1. The van der Waals surface area contributed by atoms with Crippen molar-refractivity contribution in [2.75, 3.05) is 5.32 Å². The monoisotopic (exact) mass is 454 g/mol. The molecule has 0 saturated heterocycles. The minimum absolute atomic E-state index is 0.192. The fourth-order valence-electron chi connectivity index (χ4n) is 2.30. The van der Waals surface area contributed by atoms with Crippen molar-refractivity contribution in [3.05, 3.63) is 78.7 Å². The third-order valence-electron chi connectivity index (χ3n) is 3.56. The van der Waals surface area contributed by atoms with Crippen LogP contribution >= 0.6 is 50.5 Å². The van der Waals surface area contributed by atoms with Crippen LogP contribution in [0, 0.1) is 6.92 Å². The number of amides is 1. The number of thiazole rings is 1. The van der Waals surface area contributed by atoms with Crippen molar-refractivity contribution < 1.29 is 4.79 Å². The van der Waals surface area contributed by atoms with E-state index in [1.54, 1.807) is 24.3 Å². The summed E-state index contributed by atoms with van der Waals surface area (Å²) in [6, 6.07) is 12.6. The van der Waals surface area contributed by atoms with Crippen LogP contribution in [0.2, 0.25) is 10.0 Å². The van der Waals surface area contributed by atoms with Crippen LogP contribution in [0.3, 0.4) is 0 Å². The van der Waals surface area contributed by atoms with Gasteiger partial charge in [0.25, 0.3) is 5.91 Å². The molecule has 1 N–H and O–H groups in total. The Morgan fingerprint density at radius 1 is 1.24 bits per heavy atom. The Bertz CT molecular complexity index is 943. The first-order valence-corrected chi connectivity index (χ1v) is 9.76. The molecule has 0 unspecified atom stereocenters. The normalized spacial score (nSPS) is 10.7. The van der Waals surface area contributed by atoms with Gasteiger partial charge in [-0.1, -0.05) is 45.2 Å². The summed E-state index contributed by atoms with van der Waals surface area (Å²) in [7, 11) is 0. The van der Waals surface area contributed by atoms with E-state index in [0.717, 1.165) is 20.6 Å². The maximum Gasteiger partial charge on any atom is 0.257 e. The lowest BCUT2D eigenvalue weighted by Gasteiger charge is -2.04. The molecule has 0 spiro atoms. The molecule has 3 aromatic rings. The van der Waals surface area contributed by atoms with Gasteiger partial charge in [-0.05, 0) is 48.9 Å². The molecule has 0 aliphatic carbocycles. The maximum atomic E-state index is 12.3. The highest BCUT2D eigenvalue weighted by molar-refractivity contribution is 9.10. The number of aromatic nitrogens is 1. The Labute approximate surface area is 168 Å². The van der Waals surface area contributed by atoms with Gasteiger partial charge in [0.15, 0.2) is 5.13 Å². The van der Waals surface area contributed by atoms with E-state index in [-0.39, 0.29) is 5.91 Å². The number of hydrogen-bond acceptors (Lipinski definition) is 3. The van der Waals surface area contributed by atoms with Gasteiger partial charge in [-0.25, -0.2) is 4.98 Å². The van der Waals surface area contributed by atoms with E-state index in [9.17, 15) is 4.79 Å². The average molecular weight is 456 g/mol. The number of halogens is 3. The summed E-state index contributed by atoms with van der Waals surface area (Å²) in [4.78, 5) is 17.8. The van der Waals surface area contributed by atoms with Crippen LogP contribution in [0.1, 0.15) is 26.5 Å². The number of benzene rings is 2. The van der Waals surface area contributed by atoms with E-state index >= 15 is 0 Å². The van der Waals surface area contributed by atoms with E-state index < -0.39 is 0 Å². The molecule has 3 rings (SSSR count). The van der Waals surface area contributed by atoms with Crippen LogP contribution < -0.4 is 5.32 Å². The van der Waals surface area contributed by atoms with Crippen LogP contribution in [-0.4, -0.2) is 10.9 Å². The molecule has 3 nitrogen and oxygen atoms in total. The van der Waals surface area contributed by atoms with Crippen molar-refractivity contribution in [1.82, 2.24) is 4.98 Å². The first-order chi connectivity index (χ1) is 11.9. The predicted molar refractivity (Wildman–Crippen MR) is 108 cm³/mol. The number of aryl methyl sites for hydroxylation is 1. The van der Waals surface area contributed by atoms with Gasteiger partial charge in [0.2, 0.25) is 0 Å². The molecule has 0 aliphatic rings. The van der Waals surface area contributed by atoms with Crippen molar-refractivity contribution in [2.24, 2.45) is 0 Å². The SMILES string of the molecule is Cc1nc(NC(=O)c2cccc(Br)c2)sc1Cc1cc(Cl)ccc1Cl. The fourth-order valence-corrected chi connectivity index (χ4v) is 4.06. The van der Waals surface area contributed by atoms with Gasteiger partial charge in [-0.3, -0.25) is 10.1 Å².